The number of hydrogen-bond acceptors (Lipinski definition) is 6. The lowest BCUT2D eigenvalue weighted by molar-refractivity contribution is 0.418. The van der Waals surface area contributed by atoms with Crippen LogP contribution in [-0.4, -0.2) is 30.3 Å². The highest BCUT2D eigenvalue weighted by Crippen LogP contribution is 2.33. The Morgan fingerprint density at radius 1 is 1.33 bits per heavy atom. The summed E-state index contributed by atoms with van der Waals surface area (Å²) in [5, 5.41) is 4.38. The molecule has 0 unspecified atom stereocenters. The second kappa shape index (κ2) is 4.36. The van der Waals surface area contributed by atoms with Crippen LogP contribution < -0.4 is 15.4 Å². The van der Waals surface area contributed by atoms with Gasteiger partial charge in [0.1, 0.15) is 17.0 Å². The van der Waals surface area contributed by atoms with Gasteiger partial charge in [0.25, 0.3) is 5.71 Å². The van der Waals surface area contributed by atoms with Gasteiger partial charge in [0.15, 0.2) is 5.82 Å². The van der Waals surface area contributed by atoms with E-state index in [0.717, 1.165) is 18.9 Å². The number of nitrogens with zero attached hydrogens (tertiary/aromatic N) is 3. The van der Waals surface area contributed by atoms with Crippen molar-refractivity contribution in [2.24, 2.45) is 0 Å². The summed E-state index contributed by atoms with van der Waals surface area (Å²) in [5.41, 5.74) is 6.18. The number of pyridine rings is 1. The van der Waals surface area contributed by atoms with Gasteiger partial charge in [-0.25, -0.2) is 0 Å². The lowest BCUT2D eigenvalue weighted by Gasteiger charge is -2.27. The third-order valence-electron chi connectivity index (χ3n) is 3.32. The molecule has 96 valence electrons. The van der Waals surface area contributed by atoms with Crippen LogP contribution in [0, 0.1) is 0 Å². The van der Waals surface area contributed by atoms with Gasteiger partial charge in [0.05, 0.1) is 7.11 Å². The minimum Gasteiger partial charge on any atom is -0.496 e. The predicted molar refractivity (Wildman–Crippen MR) is 68.8 cm³/mol. The summed E-state index contributed by atoms with van der Waals surface area (Å²) in [5.74, 6) is 1.86. The van der Waals surface area contributed by atoms with Crippen molar-refractivity contribution >= 4 is 22.7 Å². The average molecular weight is 248 g/mol. The SMILES string of the molecule is COc1cc(N2CCCCC2)nc2onc(N)c12. The third kappa shape index (κ3) is 1.73. The van der Waals surface area contributed by atoms with Gasteiger partial charge in [-0.1, -0.05) is 5.16 Å². The van der Waals surface area contributed by atoms with Crippen LogP contribution in [0.1, 0.15) is 19.3 Å². The monoisotopic (exact) mass is 248 g/mol. The Bertz CT molecular complexity index is 560. The average Bonchev–Trinajstić information content (AvgIpc) is 2.81. The van der Waals surface area contributed by atoms with Crippen LogP contribution >= 0.6 is 0 Å². The molecular formula is C12H16N4O2. The van der Waals surface area contributed by atoms with E-state index in [9.17, 15) is 0 Å². The topological polar surface area (TPSA) is 77.4 Å². The van der Waals surface area contributed by atoms with Crippen LogP contribution in [0.15, 0.2) is 10.6 Å². The van der Waals surface area contributed by atoms with E-state index in [1.54, 1.807) is 7.11 Å². The lowest BCUT2D eigenvalue weighted by Crippen LogP contribution is -2.30. The molecule has 18 heavy (non-hydrogen) atoms. The Kier molecular flexibility index (Phi) is 2.70. The molecule has 3 heterocycles. The number of aromatic nitrogens is 2. The number of nitrogens with two attached hydrogens (primary N) is 1. The number of rotatable bonds is 2. The fourth-order valence-electron chi connectivity index (χ4n) is 2.37. The first-order valence-corrected chi connectivity index (χ1v) is 6.14. The molecule has 0 aromatic carbocycles. The Balaban J connectivity index is 2.07. The normalized spacial score (nSPS) is 16.2. The Morgan fingerprint density at radius 3 is 2.83 bits per heavy atom. The van der Waals surface area contributed by atoms with Crippen LogP contribution in [0.5, 0.6) is 5.75 Å². The zero-order valence-corrected chi connectivity index (χ0v) is 10.3. The maximum atomic E-state index is 5.74. The number of methoxy groups -OCH3 is 1. The van der Waals surface area contributed by atoms with Crippen LogP contribution in [0.2, 0.25) is 0 Å². The van der Waals surface area contributed by atoms with E-state index in [1.807, 2.05) is 6.07 Å². The summed E-state index contributed by atoms with van der Waals surface area (Å²) >= 11 is 0. The van der Waals surface area contributed by atoms with E-state index in [1.165, 1.54) is 19.3 Å². The molecule has 1 fully saturated rings. The van der Waals surface area contributed by atoms with Crippen molar-refractivity contribution in [3.63, 3.8) is 0 Å². The van der Waals surface area contributed by atoms with Crippen LogP contribution in [-0.2, 0) is 0 Å². The van der Waals surface area contributed by atoms with E-state index >= 15 is 0 Å². The lowest BCUT2D eigenvalue weighted by atomic mass is 10.1. The van der Waals surface area contributed by atoms with Crippen molar-refractivity contribution in [1.82, 2.24) is 10.1 Å². The minimum atomic E-state index is 0.319. The molecule has 0 aliphatic carbocycles. The number of piperidine rings is 1. The molecule has 3 rings (SSSR count). The Labute approximate surface area is 105 Å². The van der Waals surface area contributed by atoms with Crippen LogP contribution in [0.25, 0.3) is 11.1 Å². The Hall–Kier alpha value is -1.98. The molecule has 2 N–H and O–H groups in total. The molecule has 1 aliphatic rings. The Morgan fingerprint density at radius 2 is 2.11 bits per heavy atom. The van der Waals surface area contributed by atoms with E-state index in [4.69, 9.17) is 15.0 Å². The van der Waals surface area contributed by atoms with E-state index in [-0.39, 0.29) is 0 Å². The van der Waals surface area contributed by atoms with E-state index in [0.29, 0.717) is 22.7 Å². The molecule has 0 radical (unpaired) electrons. The summed E-state index contributed by atoms with van der Waals surface area (Å²) < 4.78 is 10.5. The van der Waals surface area contributed by atoms with Crippen molar-refractivity contribution in [2.45, 2.75) is 19.3 Å². The van der Waals surface area contributed by atoms with Gasteiger partial charge >= 0.3 is 0 Å². The molecule has 0 spiro atoms. The van der Waals surface area contributed by atoms with Gasteiger partial charge in [0.2, 0.25) is 0 Å². The number of fused-ring (bicyclic) bond motifs is 1. The minimum absolute atomic E-state index is 0.319. The van der Waals surface area contributed by atoms with Gasteiger partial charge in [-0.15, -0.1) is 0 Å². The first-order chi connectivity index (χ1) is 8.79. The summed E-state index contributed by atoms with van der Waals surface area (Å²) in [6, 6.07) is 1.90. The number of ether oxygens (including phenoxy) is 1. The second-order valence-electron chi connectivity index (χ2n) is 4.48. The van der Waals surface area contributed by atoms with Crippen LogP contribution in [0.4, 0.5) is 11.6 Å². The molecule has 0 atom stereocenters. The standard InChI is InChI=1S/C12H16N4O2/c1-17-8-7-9(16-5-3-2-4-6-16)14-12-10(8)11(13)15-18-12/h7H,2-6H2,1H3,(H2,13,15). The molecule has 2 aromatic rings. The van der Waals surface area contributed by atoms with Gasteiger partial charge in [-0.2, -0.15) is 4.98 Å². The van der Waals surface area contributed by atoms with E-state index in [2.05, 4.69) is 15.0 Å². The van der Waals surface area contributed by atoms with Gasteiger partial charge in [-0.05, 0) is 19.3 Å². The summed E-state index contributed by atoms with van der Waals surface area (Å²) in [4.78, 5) is 6.71. The second-order valence-corrected chi connectivity index (χ2v) is 4.48. The van der Waals surface area contributed by atoms with Gasteiger partial charge in [0, 0.05) is 19.2 Å². The quantitative estimate of drug-likeness (QED) is 0.873. The molecule has 0 bridgehead atoms. The zero-order valence-electron chi connectivity index (χ0n) is 10.3. The molecule has 1 aliphatic heterocycles. The molecule has 0 saturated carbocycles. The first kappa shape index (κ1) is 11.1. The molecular weight excluding hydrogens is 232 g/mol. The van der Waals surface area contributed by atoms with Crippen LogP contribution in [0.3, 0.4) is 0 Å². The maximum Gasteiger partial charge on any atom is 0.265 e. The summed E-state index contributed by atoms with van der Waals surface area (Å²) in [6.45, 7) is 2.04. The summed E-state index contributed by atoms with van der Waals surface area (Å²) in [6.07, 6.45) is 3.67. The number of nitrogen functional groups attached to an aromatic ring is 1. The molecule has 2 aromatic heterocycles. The maximum absolute atomic E-state index is 5.74. The van der Waals surface area contributed by atoms with E-state index < -0.39 is 0 Å². The fourth-order valence-corrected chi connectivity index (χ4v) is 2.37. The fraction of sp³-hybridized carbons (Fsp3) is 0.500. The third-order valence-corrected chi connectivity index (χ3v) is 3.32. The highest BCUT2D eigenvalue weighted by atomic mass is 16.5. The largest absolute Gasteiger partial charge is 0.496 e. The highest BCUT2D eigenvalue weighted by molar-refractivity contribution is 5.91. The van der Waals surface area contributed by atoms with Crippen molar-refractivity contribution < 1.29 is 9.26 Å². The van der Waals surface area contributed by atoms with Crippen molar-refractivity contribution in [2.75, 3.05) is 30.8 Å². The highest BCUT2D eigenvalue weighted by Gasteiger charge is 2.18. The van der Waals surface area contributed by atoms with Gasteiger partial charge in [-0.3, -0.25) is 0 Å². The number of hydrogen-bond donors (Lipinski definition) is 1. The van der Waals surface area contributed by atoms with Crippen molar-refractivity contribution in [1.29, 1.82) is 0 Å². The molecule has 6 heteroatoms. The predicted octanol–water partition coefficient (Wildman–Crippen LogP) is 1.80. The van der Waals surface area contributed by atoms with Crippen molar-refractivity contribution in [3.8, 4) is 5.75 Å². The molecule has 0 amide bonds. The zero-order chi connectivity index (χ0) is 12.5. The number of anilines is 2. The molecule has 6 nitrogen and oxygen atoms in total. The smallest absolute Gasteiger partial charge is 0.265 e. The first-order valence-electron chi connectivity index (χ1n) is 6.14. The molecule has 1 saturated heterocycles. The van der Waals surface area contributed by atoms with Crippen molar-refractivity contribution in [3.05, 3.63) is 6.07 Å². The van der Waals surface area contributed by atoms with Gasteiger partial charge < -0.3 is 19.9 Å². The summed E-state index contributed by atoms with van der Waals surface area (Å²) in [7, 11) is 1.61.